The van der Waals surface area contributed by atoms with Gasteiger partial charge in [0.2, 0.25) is 23.6 Å². The summed E-state index contributed by atoms with van der Waals surface area (Å²) < 4.78 is 22.1. The van der Waals surface area contributed by atoms with Crippen molar-refractivity contribution in [2.24, 2.45) is 17.2 Å². The molecule has 0 aliphatic carbocycles. The maximum Gasteiger partial charge on any atom is 0.339 e. The van der Waals surface area contributed by atoms with Crippen molar-refractivity contribution in [2.45, 2.75) is 147 Å². The van der Waals surface area contributed by atoms with Crippen molar-refractivity contribution in [1.82, 2.24) is 20.5 Å². The Labute approximate surface area is 342 Å². The van der Waals surface area contributed by atoms with Crippen LogP contribution < -0.4 is 32.6 Å². The number of primary amides is 1. The number of aromatic nitrogens is 1. The first-order valence-corrected chi connectivity index (χ1v) is 19.5. The predicted molar refractivity (Wildman–Crippen MR) is 206 cm³/mol. The summed E-state index contributed by atoms with van der Waals surface area (Å²) in [4.78, 5) is 107. The number of esters is 2. The van der Waals surface area contributed by atoms with Gasteiger partial charge in [-0.2, -0.15) is 0 Å². The summed E-state index contributed by atoms with van der Waals surface area (Å²) in [5.41, 5.74) is 16.2. The van der Waals surface area contributed by atoms with Gasteiger partial charge in [-0.3, -0.25) is 33.8 Å². The summed E-state index contributed by atoms with van der Waals surface area (Å²) >= 11 is 0. The van der Waals surface area contributed by atoms with Gasteiger partial charge in [-0.25, -0.2) is 9.59 Å². The highest BCUT2D eigenvalue weighted by Gasteiger charge is 2.50. The van der Waals surface area contributed by atoms with E-state index in [1.807, 2.05) is 6.92 Å². The number of nitrogens with zero attached hydrogens (tertiary/aromatic N) is 2. The fraction of sp³-hybridized carbons (Fsp3) is 0.658. The van der Waals surface area contributed by atoms with Crippen molar-refractivity contribution >= 4 is 47.3 Å². The first-order chi connectivity index (χ1) is 27.8. The van der Waals surface area contributed by atoms with E-state index >= 15 is 0 Å². The third kappa shape index (κ3) is 14.9. The molecule has 330 valence electrons. The van der Waals surface area contributed by atoms with Crippen LogP contribution in [0.1, 0.15) is 92.4 Å². The number of hydrogen-bond donors (Lipinski definition) is 7. The number of rotatable bonds is 25. The minimum atomic E-state index is -2.22. The lowest BCUT2D eigenvalue weighted by molar-refractivity contribution is -0.247. The number of aliphatic hydroxyl groups excluding tert-OH is 1. The van der Waals surface area contributed by atoms with Gasteiger partial charge >= 0.3 is 17.9 Å². The van der Waals surface area contributed by atoms with Crippen LogP contribution in [-0.2, 0) is 52.6 Å². The third-order valence-electron chi connectivity index (χ3n) is 9.57. The third-order valence-corrected chi connectivity index (χ3v) is 9.57. The number of carbonyl (C=O) groups is 8. The van der Waals surface area contributed by atoms with E-state index in [0.717, 1.165) is 11.8 Å². The number of aliphatic hydroxyl groups is 1. The Balaban J connectivity index is 2.29. The van der Waals surface area contributed by atoms with Crippen LogP contribution in [0, 0.1) is 0 Å². The van der Waals surface area contributed by atoms with Crippen LogP contribution in [0.4, 0.5) is 0 Å². The van der Waals surface area contributed by atoms with E-state index in [1.54, 1.807) is 6.92 Å². The Morgan fingerprint density at radius 1 is 1.05 bits per heavy atom. The highest BCUT2D eigenvalue weighted by molar-refractivity contribution is 6.09. The SMILES string of the molecule is CCCC(=O)NCCCC[C@@](N)(C(=O)CC[C@@H](NC(=O)[C@H](C)N(C(C)=O)C1O[C@H](COC(=O)CCC)[C@@H](O)[C@H](O[C@H](C)C(=O)O)[C@H]1N)C(N)=O)C(=O)Oc1cccnc1. The molecule has 59 heavy (non-hydrogen) atoms. The molecule has 1 aromatic rings. The molecule has 1 aliphatic heterocycles. The molecule has 0 saturated carbocycles. The molecule has 0 bridgehead atoms. The molecule has 1 fully saturated rings. The highest BCUT2D eigenvalue weighted by atomic mass is 16.6. The van der Waals surface area contributed by atoms with Crippen molar-refractivity contribution in [1.29, 1.82) is 0 Å². The van der Waals surface area contributed by atoms with Crippen LogP contribution in [0.5, 0.6) is 5.75 Å². The number of nitrogens with one attached hydrogen (secondary N) is 2. The summed E-state index contributed by atoms with van der Waals surface area (Å²) in [6, 6.07) is -1.55. The maximum atomic E-state index is 13.7. The first-order valence-electron chi connectivity index (χ1n) is 19.5. The van der Waals surface area contributed by atoms with Crippen LogP contribution in [0.2, 0.25) is 0 Å². The molecular formula is C38H59N7O14. The number of ether oxygens (including phenoxy) is 4. The van der Waals surface area contributed by atoms with Gasteiger partial charge in [0.25, 0.3) is 0 Å². The normalized spacial score (nSPS) is 21.4. The summed E-state index contributed by atoms with van der Waals surface area (Å²) in [5.74, 6) is -6.91. The Hall–Kier alpha value is -5.09. The zero-order valence-corrected chi connectivity index (χ0v) is 34.1. The first kappa shape index (κ1) is 50.1. The molecule has 0 aromatic carbocycles. The second-order valence-corrected chi connectivity index (χ2v) is 14.3. The molecule has 0 spiro atoms. The number of carbonyl (C=O) groups excluding carboxylic acids is 7. The zero-order valence-electron chi connectivity index (χ0n) is 34.1. The van der Waals surface area contributed by atoms with Crippen LogP contribution in [-0.4, -0.2) is 135 Å². The number of carboxylic acids is 1. The lowest BCUT2D eigenvalue weighted by Gasteiger charge is -2.48. The molecule has 1 aromatic heterocycles. The van der Waals surface area contributed by atoms with Crippen molar-refractivity contribution in [3.63, 3.8) is 0 Å². The minimum Gasteiger partial charge on any atom is -0.479 e. The Morgan fingerprint density at radius 3 is 2.31 bits per heavy atom. The molecule has 0 radical (unpaired) electrons. The van der Waals surface area contributed by atoms with Crippen LogP contribution in [0.3, 0.4) is 0 Å². The second-order valence-electron chi connectivity index (χ2n) is 14.3. The molecule has 10 N–H and O–H groups in total. The molecule has 2 rings (SSSR count). The molecule has 21 heteroatoms. The number of unbranched alkanes of at least 4 members (excludes halogenated alkanes) is 1. The number of Topliss-reactive ketones (excluding diaryl/α,β-unsaturated/α-hetero) is 1. The Kier molecular flexibility index (Phi) is 20.4. The monoisotopic (exact) mass is 837 g/mol. The zero-order chi connectivity index (χ0) is 44.4. The topological polar surface area (TPSA) is 332 Å². The number of aliphatic carboxylic acids is 1. The van der Waals surface area contributed by atoms with Gasteiger partial charge in [0.05, 0.1) is 12.2 Å². The van der Waals surface area contributed by atoms with Gasteiger partial charge in [-0.05, 0) is 64.5 Å². The summed E-state index contributed by atoms with van der Waals surface area (Å²) in [6.07, 6.45) is -3.99. The largest absolute Gasteiger partial charge is 0.479 e. The van der Waals surface area contributed by atoms with E-state index in [4.69, 9.17) is 36.1 Å². The summed E-state index contributed by atoms with van der Waals surface area (Å²) in [7, 11) is 0. The van der Waals surface area contributed by atoms with Crippen molar-refractivity contribution in [3.8, 4) is 5.75 Å². The molecule has 1 aliphatic rings. The van der Waals surface area contributed by atoms with Crippen molar-refractivity contribution < 1.29 is 67.5 Å². The predicted octanol–water partition coefficient (Wildman–Crippen LogP) is -1.06. The lowest BCUT2D eigenvalue weighted by atomic mass is 9.86. The van der Waals surface area contributed by atoms with Crippen LogP contribution >= 0.6 is 0 Å². The van der Waals surface area contributed by atoms with Crippen LogP contribution in [0.25, 0.3) is 0 Å². The smallest absolute Gasteiger partial charge is 0.339 e. The standard InChI is InChI=1S/C38H59N7O14/c1-6-11-28(48)43-18-9-8-16-38(41,37(55)58-24-13-10-17-42-19-24)27(47)15-14-25(33(40)51)44-34(52)21(3)45(23(5)46)35-30(39)32(57-22(4)36(53)54)31(50)26(59-35)20-56-29(49)12-7-2/h10,13,17,19,21-22,25-26,30-32,35,50H,6-9,11-12,14-16,18,20,39,41H2,1-5H3,(H2,40,51)(H,43,48)(H,44,52)(H,53,54)/t21-,22+,25+,26+,30+,31+,32+,35?,38+/m0/s1. The number of amides is 4. The molecule has 1 unspecified atom stereocenters. The molecule has 9 atom stereocenters. The lowest BCUT2D eigenvalue weighted by Crippen LogP contribution is -2.70. The quantitative estimate of drug-likeness (QED) is 0.0351. The van der Waals surface area contributed by atoms with E-state index in [1.165, 1.54) is 38.4 Å². The molecule has 1 saturated heterocycles. The average Bonchev–Trinajstić information content (AvgIpc) is 3.18. The van der Waals surface area contributed by atoms with E-state index in [9.17, 15) is 48.6 Å². The van der Waals surface area contributed by atoms with Gasteiger partial charge in [0.1, 0.15) is 42.8 Å². The van der Waals surface area contributed by atoms with Crippen LogP contribution in [0.15, 0.2) is 24.5 Å². The minimum absolute atomic E-state index is 0.0209. The van der Waals surface area contributed by atoms with Gasteiger partial charge in [-0.15, -0.1) is 0 Å². The van der Waals surface area contributed by atoms with E-state index in [-0.39, 0.29) is 37.5 Å². The van der Waals surface area contributed by atoms with E-state index < -0.39 is 115 Å². The summed E-state index contributed by atoms with van der Waals surface area (Å²) in [5, 5.41) is 25.7. The fourth-order valence-electron chi connectivity index (χ4n) is 6.17. The number of nitrogens with two attached hydrogens (primary N) is 3. The van der Waals surface area contributed by atoms with Crippen molar-refractivity contribution in [3.05, 3.63) is 24.5 Å². The van der Waals surface area contributed by atoms with E-state index in [0.29, 0.717) is 25.7 Å². The van der Waals surface area contributed by atoms with Gasteiger partial charge in [0.15, 0.2) is 23.7 Å². The molecule has 4 amide bonds. The molecule has 21 nitrogen and oxygen atoms in total. The number of carboxylic acid groups (broad SMARTS) is 1. The average molecular weight is 838 g/mol. The molecule has 2 heterocycles. The summed E-state index contributed by atoms with van der Waals surface area (Å²) in [6.45, 7) is 6.85. The maximum absolute atomic E-state index is 13.7. The Bertz CT molecular complexity index is 1620. The van der Waals surface area contributed by atoms with Gasteiger partial charge in [0, 0.05) is 38.9 Å². The highest BCUT2D eigenvalue weighted by Crippen LogP contribution is 2.28. The second kappa shape index (κ2) is 24.1. The van der Waals surface area contributed by atoms with Gasteiger partial charge in [-0.1, -0.05) is 13.8 Å². The Morgan fingerprint density at radius 2 is 1.73 bits per heavy atom. The fourth-order valence-corrected chi connectivity index (χ4v) is 6.17. The molecular weight excluding hydrogens is 778 g/mol. The number of ketones is 1. The number of pyridine rings is 1. The number of hydrogen-bond acceptors (Lipinski definition) is 16. The van der Waals surface area contributed by atoms with Gasteiger partial charge < -0.3 is 61.9 Å². The van der Waals surface area contributed by atoms with E-state index in [2.05, 4.69) is 15.6 Å². The van der Waals surface area contributed by atoms with Crippen molar-refractivity contribution in [2.75, 3.05) is 13.2 Å².